The number of alkyl halides is 3. The lowest BCUT2D eigenvalue weighted by Crippen LogP contribution is -2.38. The van der Waals surface area contributed by atoms with Crippen molar-refractivity contribution in [3.63, 3.8) is 0 Å². The summed E-state index contributed by atoms with van der Waals surface area (Å²) in [7, 11) is 0. The van der Waals surface area contributed by atoms with E-state index in [1.807, 2.05) is 13.8 Å². The van der Waals surface area contributed by atoms with Crippen LogP contribution in [0.15, 0.2) is 0 Å². The van der Waals surface area contributed by atoms with E-state index in [-0.39, 0.29) is 42.6 Å². The summed E-state index contributed by atoms with van der Waals surface area (Å²) in [5.41, 5.74) is -4.16. The van der Waals surface area contributed by atoms with Crippen LogP contribution in [0, 0.1) is 5.92 Å². The maximum atomic E-state index is 11.7. The van der Waals surface area contributed by atoms with Crippen molar-refractivity contribution < 1.29 is 18.3 Å². The minimum Gasteiger partial charge on any atom is -0.395 e. The largest absolute Gasteiger partial charge is 0.441 e. The molecule has 0 aliphatic carbocycles. The van der Waals surface area contributed by atoms with Crippen LogP contribution in [0.1, 0.15) is 13.8 Å². The van der Waals surface area contributed by atoms with E-state index in [0.717, 1.165) is 0 Å². The molecule has 0 saturated carbocycles. The summed E-state index contributed by atoms with van der Waals surface area (Å²) < 4.78 is 35.1. The molecule has 0 radical (unpaired) electrons. The Balaban J connectivity index is 3.52. The van der Waals surface area contributed by atoms with Gasteiger partial charge in [0.05, 0.1) is 6.61 Å². The summed E-state index contributed by atoms with van der Waals surface area (Å²) in [5.74, 6) is 0.197. The van der Waals surface area contributed by atoms with Crippen molar-refractivity contribution in [1.82, 2.24) is 5.32 Å². The second-order valence-electron chi connectivity index (χ2n) is 3.28. The van der Waals surface area contributed by atoms with Gasteiger partial charge < -0.3 is 10.4 Å². The highest BCUT2D eigenvalue weighted by Gasteiger charge is 2.27. The molecular formula is C8H16F3NOS. The van der Waals surface area contributed by atoms with Crippen molar-refractivity contribution in [2.75, 3.05) is 18.9 Å². The maximum Gasteiger partial charge on any atom is 0.441 e. The highest BCUT2D eigenvalue weighted by Crippen LogP contribution is 2.29. The molecule has 0 aromatic carbocycles. The molecular weight excluding hydrogens is 215 g/mol. The van der Waals surface area contributed by atoms with Gasteiger partial charge >= 0.3 is 5.51 Å². The van der Waals surface area contributed by atoms with Gasteiger partial charge in [-0.2, -0.15) is 13.2 Å². The number of aliphatic hydroxyl groups excluding tert-OH is 1. The predicted octanol–water partition coefficient (Wildman–Crippen LogP) is 1.85. The smallest absolute Gasteiger partial charge is 0.395 e. The molecule has 1 unspecified atom stereocenters. The molecule has 14 heavy (non-hydrogen) atoms. The summed E-state index contributed by atoms with van der Waals surface area (Å²) in [6, 6.07) is -0.121. The fourth-order valence-electron chi connectivity index (χ4n) is 0.922. The minimum absolute atomic E-state index is 0.0211. The predicted molar refractivity (Wildman–Crippen MR) is 52.2 cm³/mol. The van der Waals surface area contributed by atoms with Gasteiger partial charge in [-0.3, -0.25) is 0 Å². The molecule has 0 heterocycles. The average molecular weight is 231 g/mol. The van der Waals surface area contributed by atoms with Crippen molar-refractivity contribution in [1.29, 1.82) is 0 Å². The lowest BCUT2D eigenvalue weighted by Gasteiger charge is -2.19. The second kappa shape index (κ2) is 6.53. The first-order valence-corrected chi connectivity index (χ1v) is 5.40. The van der Waals surface area contributed by atoms with Gasteiger partial charge in [-0.15, -0.1) is 0 Å². The van der Waals surface area contributed by atoms with E-state index in [1.165, 1.54) is 0 Å². The number of hydrogen-bond acceptors (Lipinski definition) is 3. The van der Waals surface area contributed by atoms with Gasteiger partial charge in [0.25, 0.3) is 0 Å². The monoisotopic (exact) mass is 231 g/mol. The van der Waals surface area contributed by atoms with Crippen LogP contribution >= 0.6 is 11.8 Å². The fraction of sp³-hybridized carbons (Fsp3) is 1.00. The van der Waals surface area contributed by atoms with E-state index in [0.29, 0.717) is 0 Å². The van der Waals surface area contributed by atoms with Gasteiger partial charge in [0.1, 0.15) is 0 Å². The van der Waals surface area contributed by atoms with E-state index in [2.05, 4.69) is 5.32 Å². The molecule has 0 bridgehead atoms. The zero-order chi connectivity index (χ0) is 11.2. The van der Waals surface area contributed by atoms with Crippen LogP contribution < -0.4 is 5.32 Å². The van der Waals surface area contributed by atoms with Gasteiger partial charge in [0, 0.05) is 18.3 Å². The Morgan fingerprint density at radius 3 is 2.29 bits per heavy atom. The van der Waals surface area contributed by atoms with E-state index in [9.17, 15) is 13.2 Å². The quantitative estimate of drug-likeness (QED) is 0.684. The lowest BCUT2D eigenvalue weighted by atomic mass is 10.1. The van der Waals surface area contributed by atoms with Crippen molar-refractivity contribution in [3.8, 4) is 0 Å². The van der Waals surface area contributed by atoms with Gasteiger partial charge in [-0.25, -0.2) is 0 Å². The molecule has 0 fully saturated rings. The van der Waals surface area contributed by atoms with Crippen LogP contribution in [-0.4, -0.2) is 35.6 Å². The Hall–Kier alpha value is 0.0600. The normalized spacial score (nSPS) is 14.8. The van der Waals surface area contributed by atoms with Crippen LogP contribution in [0.2, 0.25) is 0 Å². The highest BCUT2D eigenvalue weighted by molar-refractivity contribution is 8.00. The first-order valence-electron chi connectivity index (χ1n) is 4.41. The van der Waals surface area contributed by atoms with Crippen LogP contribution in [0.25, 0.3) is 0 Å². The zero-order valence-electron chi connectivity index (χ0n) is 8.27. The van der Waals surface area contributed by atoms with E-state index < -0.39 is 5.51 Å². The third-order valence-corrected chi connectivity index (χ3v) is 2.51. The molecule has 0 saturated heterocycles. The van der Waals surface area contributed by atoms with Gasteiger partial charge in [0.15, 0.2) is 0 Å². The summed E-state index contributed by atoms with van der Waals surface area (Å²) >= 11 is -0.0464. The number of hydrogen-bond donors (Lipinski definition) is 2. The number of thioether (sulfide) groups is 1. The molecule has 0 amide bonds. The van der Waals surface area contributed by atoms with Crippen LogP contribution in [0.3, 0.4) is 0 Å². The Kier molecular flexibility index (Phi) is 6.55. The molecule has 0 rings (SSSR count). The van der Waals surface area contributed by atoms with Crippen molar-refractivity contribution in [2.45, 2.75) is 25.4 Å². The number of aliphatic hydroxyl groups is 1. The van der Waals surface area contributed by atoms with Crippen molar-refractivity contribution in [2.24, 2.45) is 5.92 Å². The van der Waals surface area contributed by atoms with E-state index >= 15 is 0 Å². The molecule has 1 atom stereocenters. The average Bonchev–Trinajstić information content (AvgIpc) is 2.01. The Morgan fingerprint density at radius 1 is 1.36 bits per heavy atom. The van der Waals surface area contributed by atoms with E-state index in [1.54, 1.807) is 0 Å². The van der Waals surface area contributed by atoms with Crippen LogP contribution in [0.4, 0.5) is 13.2 Å². The Labute approximate surface area is 86.3 Å². The van der Waals surface area contributed by atoms with E-state index in [4.69, 9.17) is 5.11 Å². The molecule has 0 spiro atoms. The number of halogens is 3. The summed E-state index contributed by atoms with van der Waals surface area (Å²) in [4.78, 5) is 0. The van der Waals surface area contributed by atoms with Gasteiger partial charge in [-0.05, 0) is 17.7 Å². The first-order chi connectivity index (χ1) is 6.37. The molecule has 0 aromatic rings. The van der Waals surface area contributed by atoms with Crippen LogP contribution in [-0.2, 0) is 0 Å². The van der Waals surface area contributed by atoms with Gasteiger partial charge in [-0.1, -0.05) is 13.8 Å². The molecule has 0 aromatic heterocycles. The third-order valence-electron chi connectivity index (χ3n) is 1.78. The topological polar surface area (TPSA) is 32.3 Å². The summed E-state index contributed by atoms with van der Waals surface area (Å²) in [6.45, 7) is 4.03. The Morgan fingerprint density at radius 2 is 1.93 bits per heavy atom. The molecule has 6 heteroatoms. The number of rotatable bonds is 6. The van der Waals surface area contributed by atoms with Gasteiger partial charge in [0.2, 0.25) is 0 Å². The number of nitrogens with one attached hydrogen (secondary N) is 1. The molecule has 86 valence electrons. The SMILES string of the molecule is CC(C)C(CO)NCCSC(F)(F)F. The van der Waals surface area contributed by atoms with Crippen LogP contribution in [0.5, 0.6) is 0 Å². The molecule has 0 aliphatic heterocycles. The maximum absolute atomic E-state index is 11.7. The Bertz CT molecular complexity index is 152. The lowest BCUT2D eigenvalue weighted by molar-refractivity contribution is -0.0327. The molecule has 2 N–H and O–H groups in total. The minimum atomic E-state index is -4.16. The molecule has 2 nitrogen and oxygen atoms in total. The highest BCUT2D eigenvalue weighted by atomic mass is 32.2. The first kappa shape index (κ1) is 14.1. The van der Waals surface area contributed by atoms with Crippen molar-refractivity contribution in [3.05, 3.63) is 0 Å². The molecule has 0 aliphatic rings. The summed E-state index contributed by atoms with van der Waals surface area (Å²) in [5, 5.41) is 11.7. The second-order valence-corrected chi connectivity index (χ2v) is 4.44. The summed E-state index contributed by atoms with van der Waals surface area (Å²) in [6.07, 6.45) is 0. The third kappa shape index (κ3) is 7.46. The fourth-order valence-corrected chi connectivity index (χ4v) is 1.37. The van der Waals surface area contributed by atoms with Crippen molar-refractivity contribution >= 4 is 11.8 Å². The zero-order valence-corrected chi connectivity index (χ0v) is 9.08. The standard InChI is InChI=1S/C8H16F3NOS/c1-6(2)7(5-13)12-3-4-14-8(9,10)11/h6-7,12-13H,3-5H2,1-2H3.